The lowest BCUT2D eigenvalue weighted by atomic mass is 9.66. The second-order valence-corrected chi connectivity index (χ2v) is 10.1. The van der Waals surface area contributed by atoms with Crippen LogP contribution in [0.3, 0.4) is 0 Å². The molecule has 0 aliphatic heterocycles. The summed E-state index contributed by atoms with van der Waals surface area (Å²) in [4.78, 5) is 0. The number of aromatic hydroxyl groups is 2. The molecule has 0 saturated carbocycles. The highest BCUT2D eigenvalue weighted by Gasteiger charge is 2.47. The Morgan fingerprint density at radius 3 is 1.46 bits per heavy atom. The SMILES string of the molecule is Oc1ccc(C2(c3ccc(O)cc3)c3ccccc3-c3cc(-c4ccccc4)cc(-c4ccccc4)c32)cc1. The summed E-state index contributed by atoms with van der Waals surface area (Å²) in [5, 5.41) is 20.5. The predicted octanol–water partition coefficient (Wildman–Crippen LogP) is 8.79. The standard InChI is InChI=1S/C37H26O2/c38-30-19-15-28(16-20-30)37(29-17-21-31(39)22-18-29)35-14-8-7-13-32(35)34-24-27(25-9-3-1-4-10-25)23-33(36(34)37)26-11-5-2-6-12-26/h1-24,38-39H. The smallest absolute Gasteiger partial charge is 0.115 e. The van der Waals surface area contributed by atoms with E-state index in [0.29, 0.717) is 0 Å². The van der Waals surface area contributed by atoms with E-state index in [4.69, 9.17) is 0 Å². The minimum Gasteiger partial charge on any atom is -0.508 e. The third kappa shape index (κ3) is 3.57. The van der Waals surface area contributed by atoms with Crippen molar-refractivity contribution in [3.8, 4) is 44.9 Å². The molecule has 6 aromatic carbocycles. The third-order valence-corrected chi connectivity index (χ3v) is 7.93. The Hall–Kier alpha value is -5.08. The molecule has 0 atom stereocenters. The molecule has 6 aromatic rings. The van der Waals surface area contributed by atoms with E-state index in [1.165, 1.54) is 27.8 Å². The lowest BCUT2D eigenvalue weighted by molar-refractivity contribution is 0.475. The maximum absolute atomic E-state index is 10.2. The molecular formula is C37H26O2. The van der Waals surface area contributed by atoms with Crippen molar-refractivity contribution in [1.29, 1.82) is 0 Å². The molecule has 7 rings (SSSR count). The number of benzene rings is 6. The molecule has 0 amide bonds. The molecule has 0 aromatic heterocycles. The number of fused-ring (bicyclic) bond motifs is 3. The minimum absolute atomic E-state index is 0.230. The van der Waals surface area contributed by atoms with E-state index < -0.39 is 5.41 Å². The highest BCUT2D eigenvalue weighted by atomic mass is 16.3. The molecule has 2 heteroatoms. The quantitative estimate of drug-likeness (QED) is 0.252. The van der Waals surface area contributed by atoms with Crippen molar-refractivity contribution in [2.45, 2.75) is 5.41 Å². The molecule has 2 N–H and O–H groups in total. The molecule has 1 aliphatic rings. The fraction of sp³-hybridized carbons (Fsp3) is 0.0270. The first-order valence-electron chi connectivity index (χ1n) is 13.1. The van der Waals surface area contributed by atoms with Gasteiger partial charge in [0.1, 0.15) is 11.5 Å². The first-order chi connectivity index (χ1) is 19.2. The fourth-order valence-electron chi connectivity index (χ4n) is 6.27. The van der Waals surface area contributed by atoms with E-state index in [2.05, 4.69) is 84.9 Å². The maximum atomic E-state index is 10.2. The molecule has 0 heterocycles. The van der Waals surface area contributed by atoms with E-state index in [-0.39, 0.29) is 11.5 Å². The second-order valence-electron chi connectivity index (χ2n) is 10.1. The van der Waals surface area contributed by atoms with E-state index in [9.17, 15) is 10.2 Å². The van der Waals surface area contributed by atoms with Crippen molar-refractivity contribution in [2.24, 2.45) is 0 Å². The largest absolute Gasteiger partial charge is 0.508 e. The van der Waals surface area contributed by atoms with Gasteiger partial charge >= 0.3 is 0 Å². The first-order valence-corrected chi connectivity index (χ1v) is 13.1. The van der Waals surface area contributed by atoms with Gasteiger partial charge in [-0.3, -0.25) is 0 Å². The van der Waals surface area contributed by atoms with Crippen LogP contribution in [0.2, 0.25) is 0 Å². The summed E-state index contributed by atoms with van der Waals surface area (Å²) in [5.74, 6) is 0.461. The van der Waals surface area contributed by atoms with Gasteiger partial charge in [0.15, 0.2) is 0 Å². The summed E-state index contributed by atoms with van der Waals surface area (Å²) >= 11 is 0. The number of rotatable bonds is 4. The molecule has 0 radical (unpaired) electrons. The highest BCUT2D eigenvalue weighted by molar-refractivity contribution is 5.95. The highest BCUT2D eigenvalue weighted by Crippen LogP contribution is 2.59. The van der Waals surface area contributed by atoms with Crippen molar-refractivity contribution in [1.82, 2.24) is 0 Å². The van der Waals surface area contributed by atoms with Crippen LogP contribution >= 0.6 is 0 Å². The number of phenols is 2. The van der Waals surface area contributed by atoms with Crippen LogP contribution in [0, 0.1) is 0 Å². The summed E-state index contributed by atoms with van der Waals surface area (Å²) in [7, 11) is 0. The predicted molar refractivity (Wildman–Crippen MR) is 158 cm³/mol. The van der Waals surface area contributed by atoms with Gasteiger partial charge < -0.3 is 10.2 Å². The van der Waals surface area contributed by atoms with Crippen LogP contribution in [0.15, 0.2) is 146 Å². The maximum Gasteiger partial charge on any atom is 0.115 e. The van der Waals surface area contributed by atoms with Gasteiger partial charge in [-0.15, -0.1) is 0 Å². The average Bonchev–Trinajstić information content (AvgIpc) is 3.29. The van der Waals surface area contributed by atoms with Gasteiger partial charge in [-0.1, -0.05) is 109 Å². The van der Waals surface area contributed by atoms with Crippen LogP contribution in [0.4, 0.5) is 0 Å². The number of hydrogen-bond donors (Lipinski definition) is 2. The normalized spacial score (nSPS) is 13.0. The van der Waals surface area contributed by atoms with Crippen LogP contribution < -0.4 is 0 Å². The van der Waals surface area contributed by atoms with Gasteiger partial charge in [-0.2, -0.15) is 0 Å². The zero-order chi connectivity index (χ0) is 26.4. The molecule has 39 heavy (non-hydrogen) atoms. The van der Waals surface area contributed by atoms with E-state index in [0.717, 1.165) is 27.8 Å². The van der Waals surface area contributed by atoms with Gasteiger partial charge in [0.25, 0.3) is 0 Å². The first kappa shape index (κ1) is 23.1. The summed E-state index contributed by atoms with van der Waals surface area (Å²) in [6, 6.07) is 49.5. The second kappa shape index (κ2) is 9.04. The average molecular weight is 503 g/mol. The Balaban J connectivity index is 1.67. The Bertz CT molecular complexity index is 1740. The molecule has 186 valence electrons. The molecular weight excluding hydrogens is 476 g/mol. The van der Waals surface area contributed by atoms with Gasteiger partial charge in [0.2, 0.25) is 0 Å². The lowest BCUT2D eigenvalue weighted by Gasteiger charge is -2.35. The van der Waals surface area contributed by atoms with Crippen LogP contribution in [-0.2, 0) is 5.41 Å². The molecule has 1 aliphatic carbocycles. The van der Waals surface area contributed by atoms with Gasteiger partial charge in [-0.25, -0.2) is 0 Å². The van der Waals surface area contributed by atoms with E-state index in [1.807, 2.05) is 36.4 Å². The van der Waals surface area contributed by atoms with Crippen LogP contribution in [0.1, 0.15) is 22.3 Å². The topological polar surface area (TPSA) is 40.5 Å². The number of phenolic OH excluding ortho intramolecular Hbond substituents is 2. The van der Waals surface area contributed by atoms with Crippen molar-refractivity contribution in [3.63, 3.8) is 0 Å². The fourth-order valence-corrected chi connectivity index (χ4v) is 6.27. The summed E-state index contributed by atoms with van der Waals surface area (Å²) in [5.41, 5.74) is 10.8. The Morgan fingerprint density at radius 1 is 0.385 bits per heavy atom. The molecule has 0 unspecified atom stereocenters. The zero-order valence-corrected chi connectivity index (χ0v) is 21.3. The molecule has 0 saturated heterocycles. The van der Waals surface area contributed by atoms with Crippen molar-refractivity contribution in [2.75, 3.05) is 0 Å². The molecule has 0 spiro atoms. The van der Waals surface area contributed by atoms with Crippen molar-refractivity contribution < 1.29 is 10.2 Å². The number of hydrogen-bond acceptors (Lipinski definition) is 2. The molecule has 0 fully saturated rings. The van der Waals surface area contributed by atoms with Gasteiger partial charge in [-0.05, 0) is 92.0 Å². The van der Waals surface area contributed by atoms with Gasteiger partial charge in [0, 0.05) is 0 Å². The van der Waals surface area contributed by atoms with E-state index >= 15 is 0 Å². The van der Waals surface area contributed by atoms with Crippen molar-refractivity contribution in [3.05, 3.63) is 168 Å². The van der Waals surface area contributed by atoms with Crippen LogP contribution in [0.5, 0.6) is 11.5 Å². The van der Waals surface area contributed by atoms with Crippen LogP contribution in [-0.4, -0.2) is 10.2 Å². The Kier molecular flexibility index (Phi) is 5.35. The summed E-state index contributed by atoms with van der Waals surface area (Å²) in [6.45, 7) is 0. The summed E-state index contributed by atoms with van der Waals surface area (Å²) < 4.78 is 0. The van der Waals surface area contributed by atoms with E-state index in [1.54, 1.807) is 24.3 Å². The minimum atomic E-state index is -0.659. The molecule has 2 nitrogen and oxygen atoms in total. The summed E-state index contributed by atoms with van der Waals surface area (Å²) in [6.07, 6.45) is 0. The molecule has 0 bridgehead atoms. The van der Waals surface area contributed by atoms with Gasteiger partial charge in [0.05, 0.1) is 5.41 Å². The Labute approximate surface area is 228 Å². The van der Waals surface area contributed by atoms with Crippen LogP contribution in [0.25, 0.3) is 33.4 Å². The zero-order valence-electron chi connectivity index (χ0n) is 21.3. The third-order valence-electron chi connectivity index (χ3n) is 7.93. The van der Waals surface area contributed by atoms with Crippen molar-refractivity contribution >= 4 is 0 Å². The Morgan fingerprint density at radius 2 is 0.872 bits per heavy atom. The monoisotopic (exact) mass is 502 g/mol. The lowest BCUT2D eigenvalue weighted by Crippen LogP contribution is -2.29.